The van der Waals surface area contributed by atoms with Crippen LogP contribution < -0.4 is 10.6 Å². The first-order chi connectivity index (χ1) is 7.13. The van der Waals surface area contributed by atoms with Gasteiger partial charge < -0.3 is 15.4 Å². The lowest BCUT2D eigenvalue weighted by molar-refractivity contribution is -0.140. The van der Waals surface area contributed by atoms with E-state index in [0.29, 0.717) is 6.54 Å². The molecule has 1 heterocycles. The molecule has 0 bridgehead atoms. The van der Waals surface area contributed by atoms with Gasteiger partial charge in [0.1, 0.15) is 0 Å². The molecule has 1 aliphatic heterocycles. The maximum Gasteiger partial charge on any atom is 0.307 e. The molecule has 0 saturated carbocycles. The molecular weight excluding hydrogens is 200 g/mol. The van der Waals surface area contributed by atoms with E-state index < -0.39 is 0 Å². The zero-order valence-corrected chi connectivity index (χ0v) is 8.54. The smallest absolute Gasteiger partial charge is 0.307 e. The molecule has 0 aromatic carbocycles. The minimum Gasteiger partial charge on any atom is -0.469 e. The van der Waals surface area contributed by atoms with Crippen molar-refractivity contribution < 1.29 is 19.1 Å². The first-order valence-electron chi connectivity index (χ1n) is 4.74. The Morgan fingerprint density at radius 2 is 2.33 bits per heavy atom. The highest BCUT2D eigenvalue weighted by Crippen LogP contribution is 2.08. The van der Waals surface area contributed by atoms with Gasteiger partial charge >= 0.3 is 5.97 Å². The van der Waals surface area contributed by atoms with Crippen molar-refractivity contribution in [1.82, 2.24) is 10.6 Å². The Balaban J connectivity index is 2.19. The number of nitrogens with one attached hydrogen (secondary N) is 2. The van der Waals surface area contributed by atoms with E-state index in [0.717, 1.165) is 0 Å². The molecule has 0 spiro atoms. The Bertz CT molecular complexity index is 277. The Hall–Kier alpha value is -1.59. The molecule has 1 unspecified atom stereocenters. The van der Waals surface area contributed by atoms with Crippen LogP contribution in [0.25, 0.3) is 0 Å². The van der Waals surface area contributed by atoms with Crippen LogP contribution in [0.2, 0.25) is 0 Å². The molecule has 84 valence electrons. The lowest BCUT2D eigenvalue weighted by atomic mass is 10.1. The molecule has 2 amide bonds. The number of esters is 1. The second kappa shape index (κ2) is 5.33. The number of hydrogen-bond donors (Lipinski definition) is 2. The van der Waals surface area contributed by atoms with E-state index in [9.17, 15) is 14.4 Å². The molecule has 0 aromatic heterocycles. The maximum absolute atomic E-state index is 11.4. The average Bonchev–Trinajstić information content (AvgIpc) is 2.64. The maximum atomic E-state index is 11.4. The van der Waals surface area contributed by atoms with Gasteiger partial charge in [0.15, 0.2) is 0 Å². The first-order valence-corrected chi connectivity index (χ1v) is 4.74. The molecule has 1 fully saturated rings. The second-order valence-corrected chi connectivity index (χ2v) is 3.32. The summed E-state index contributed by atoms with van der Waals surface area (Å²) in [5.74, 6) is -0.980. The van der Waals surface area contributed by atoms with Gasteiger partial charge in [0.25, 0.3) is 0 Å². The zero-order chi connectivity index (χ0) is 11.3. The number of methoxy groups -OCH3 is 1. The third kappa shape index (κ3) is 3.57. The van der Waals surface area contributed by atoms with Crippen LogP contribution in [0.15, 0.2) is 0 Å². The van der Waals surface area contributed by atoms with E-state index in [1.54, 1.807) is 0 Å². The van der Waals surface area contributed by atoms with Crippen LogP contribution in [0, 0.1) is 5.92 Å². The van der Waals surface area contributed by atoms with Gasteiger partial charge in [0.05, 0.1) is 19.4 Å². The first kappa shape index (κ1) is 11.5. The number of amides is 2. The van der Waals surface area contributed by atoms with Gasteiger partial charge in [-0.05, 0) is 0 Å². The number of rotatable bonds is 4. The Morgan fingerprint density at radius 1 is 1.60 bits per heavy atom. The van der Waals surface area contributed by atoms with Crippen LogP contribution in [0.3, 0.4) is 0 Å². The van der Waals surface area contributed by atoms with Crippen molar-refractivity contribution in [3.05, 3.63) is 0 Å². The summed E-state index contributed by atoms with van der Waals surface area (Å²) in [6, 6.07) is 0. The SMILES string of the molecule is COC(=O)CCNC(=O)C1CNC(=O)C1. The summed E-state index contributed by atoms with van der Waals surface area (Å²) < 4.78 is 4.42. The monoisotopic (exact) mass is 214 g/mol. The topological polar surface area (TPSA) is 84.5 Å². The van der Waals surface area contributed by atoms with Crippen molar-refractivity contribution in [3.63, 3.8) is 0 Å². The number of hydrogen-bond acceptors (Lipinski definition) is 4. The van der Waals surface area contributed by atoms with E-state index >= 15 is 0 Å². The molecule has 2 N–H and O–H groups in total. The molecule has 0 aromatic rings. The van der Waals surface area contributed by atoms with Crippen molar-refractivity contribution >= 4 is 17.8 Å². The van der Waals surface area contributed by atoms with Crippen molar-refractivity contribution in [3.8, 4) is 0 Å². The largest absolute Gasteiger partial charge is 0.469 e. The summed E-state index contributed by atoms with van der Waals surface area (Å²) in [4.78, 5) is 33.0. The Morgan fingerprint density at radius 3 is 2.87 bits per heavy atom. The highest BCUT2D eigenvalue weighted by molar-refractivity contribution is 5.89. The fourth-order valence-electron chi connectivity index (χ4n) is 1.32. The molecular formula is C9H14N2O4. The molecule has 1 aliphatic rings. The van der Waals surface area contributed by atoms with Crippen LogP contribution in [0.4, 0.5) is 0 Å². The molecule has 6 nitrogen and oxygen atoms in total. The number of carbonyl (C=O) groups is 3. The standard InChI is InChI=1S/C9H14N2O4/c1-15-8(13)2-3-10-9(14)6-4-7(12)11-5-6/h6H,2-5H2,1H3,(H,10,14)(H,11,12). The summed E-state index contributed by atoms with van der Waals surface area (Å²) >= 11 is 0. The number of carbonyl (C=O) groups excluding carboxylic acids is 3. The van der Waals surface area contributed by atoms with Gasteiger partial charge in [0.2, 0.25) is 11.8 Å². The fourth-order valence-corrected chi connectivity index (χ4v) is 1.32. The highest BCUT2D eigenvalue weighted by atomic mass is 16.5. The second-order valence-electron chi connectivity index (χ2n) is 3.32. The highest BCUT2D eigenvalue weighted by Gasteiger charge is 2.27. The van der Waals surface area contributed by atoms with E-state index in [-0.39, 0.29) is 43.1 Å². The van der Waals surface area contributed by atoms with Crippen molar-refractivity contribution in [2.75, 3.05) is 20.2 Å². The Labute approximate surface area is 87.4 Å². The minimum atomic E-state index is -0.365. The van der Waals surface area contributed by atoms with Gasteiger partial charge in [-0.25, -0.2) is 0 Å². The zero-order valence-electron chi connectivity index (χ0n) is 8.54. The average molecular weight is 214 g/mol. The summed E-state index contributed by atoms with van der Waals surface area (Å²) in [7, 11) is 1.30. The summed E-state index contributed by atoms with van der Waals surface area (Å²) in [5.41, 5.74) is 0. The molecule has 6 heteroatoms. The molecule has 0 aliphatic carbocycles. The normalized spacial score (nSPS) is 19.5. The lowest BCUT2D eigenvalue weighted by Crippen LogP contribution is -2.33. The predicted octanol–water partition coefficient (Wildman–Crippen LogP) is -1.20. The van der Waals surface area contributed by atoms with Crippen molar-refractivity contribution in [1.29, 1.82) is 0 Å². The van der Waals surface area contributed by atoms with Crippen LogP contribution in [-0.2, 0) is 19.1 Å². The molecule has 15 heavy (non-hydrogen) atoms. The van der Waals surface area contributed by atoms with Crippen LogP contribution in [0.5, 0.6) is 0 Å². The third-order valence-electron chi connectivity index (χ3n) is 2.20. The number of ether oxygens (including phenoxy) is 1. The van der Waals surface area contributed by atoms with Gasteiger partial charge in [-0.3, -0.25) is 14.4 Å². The van der Waals surface area contributed by atoms with E-state index in [1.807, 2.05) is 0 Å². The van der Waals surface area contributed by atoms with E-state index in [1.165, 1.54) is 7.11 Å². The summed E-state index contributed by atoms with van der Waals surface area (Å²) in [6.45, 7) is 0.624. The summed E-state index contributed by atoms with van der Waals surface area (Å²) in [5, 5.41) is 5.15. The quantitative estimate of drug-likeness (QED) is 0.576. The van der Waals surface area contributed by atoms with Gasteiger partial charge in [0, 0.05) is 19.5 Å². The van der Waals surface area contributed by atoms with Crippen molar-refractivity contribution in [2.45, 2.75) is 12.8 Å². The third-order valence-corrected chi connectivity index (χ3v) is 2.20. The molecule has 1 rings (SSSR count). The summed E-state index contributed by atoms with van der Waals surface area (Å²) in [6.07, 6.45) is 0.375. The molecule has 1 atom stereocenters. The van der Waals surface area contributed by atoms with Gasteiger partial charge in [-0.1, -0.05) is 0 Å². The van der Waals surface area contributed by atoms with E-state index in [2.05, 4.69) is 15.4 Å². The van der Waals surface area contributed by atoms with Gasteiger partial charge in [-0.15, -0.1) is 0 Å². The van der Waals surface area contributed by atoms with E-state index in [4.69, 9.17) is 0 Å². The fraction of sp³-hybridized carbons (Fsp3) is 0.667. The predicted molar refractivity (Wildman–Crippen MR) is 50.8 cm³/mol. The van der Waals surface area contributed by atoms with Crippen LogP contribution >= 0.6 is 0 Å². The van der Waals surface area contributed by atoms with Gasteiger partial charge in [-0.2, -0.15) is 0 Å². The van der Waals surface area contributed by atoms with Crippen LogP contribution in [-0.4, -0.2) is 38.0 Å². The Kier molecular flexibility index (Phi) is 4.08. The molecule has 1 saturated heterocycles. The van der Waals surface area contributed by atoms with Crippen LogP contribution in [0.1, 0.15) is 12.8 Å². The lowest BCUT2D eigenvalue weighted by Gasteiger charge is -2.07. The minimum absolute atomic E-state index is 0.108. The molecule has 0 radical (unpaired) electrons. The van der Waals surface area contributed by atoms with Crippen molar-refractivity contribution in [2.24, 2.45) is 5.92 Å².